The zero-order valence-corrected chi connectivity index (χ0v) is 12.6. The number of fused-ring (bicyclic) bond motifs is 1. The summed E-state index contributed by atoms with van der Waals surface area (Å²) < 4.78 is 1.81. The molecule has 0 bridgehead atoms. The number of hydrogen-bond donors (Lipinski definition) is 5. The first kappa shape index (κ1) is 15.6. The van der Waals surface area contributed by atoms with Gasteiger partial charge in [0.1, 0.15) is 17.9 Å². The van der Waals surface area contributed by atoms with Crippen molar-refractivity contribution in [2.24, 2.45) is 16.9 Å². The number of nitrogens with zero attached hydrogens (tertiary/aromatic N) is 3. The number of aromatic nitrogens is 3. The molecule has 0 aromatic carbocycles. The highest BCUT2D eigenvalue weighted by atomic mass is 16.3. The van der Waals surface area contributed by atoms with E-state index in [4.69, 9.17) is 5.84 Å². The number of aliphatic hydroxyl groups excluding tert-OH is 3. The van der Waals surface area contributed by atoms with Gasteiger partial charge in [-0.15, -0.1) is 5.92 Å². The van der Waals surface area contributed by atoms with E-state index in [2.05, 4.69) is 26.9 Å². The molecule has 0 amide bonds. The van der Waals surface area contributed by atoms with Crippen molar-refractivity contribution in [2.45, 2.75) is 37.7 Å². The summed E-state index contributed by atoms with van der Waals surface area (Å²) in [4.78, 5) is 7.04. The highest BCUT2D eigenvalue weighted by molar-refractivity contribution is 5.74. The number of rotatable bonds is 2. The molecule has 1 aliphatic rings. The lowest BCUT2D eigenvalue weighted by Crippen LogP contribution is -2.33. The Balaban J connectivity index is 2.01. The molecular formula is C15H19N5O3. The molecule has 23 heavy (non-hydrogen) atoms. The van der Waals surface area contributed by atoms with Gasteiger partial charge in [-0.1, -0.05) is 5.92 Å². The Morgan fingerprint density at radius 2 is 2.26 bits per heavy atom. The molecule has 122 valence electrons. The van der Waals surface area contributed by atoms with Gasteiger partial charge in [0, 0.05) is 12.1 Å². The molecule has 5 atom stereocenters. The van der Waals surface area contributed by atoms with Crippen LogP contribution in [0, 0.1) is 17.8 Å². The van der Waals surface area contributed by atoms with Crippen molar-refractivity contribution in [3.63, 3.8) is 0 Å². The molecule has 8 nitrogen and oxygen atoms in total. The van der Waals surface area contributed by atoms with Gasteiger partial charge in [-0.25, -0.2) is 4.98 Å². The Labute approximate surface area is 132 Å². The van der Waals surface area contributed by atoms with Crippen LogP contribution in [0.4, 0.5) is 0 Å². The average molecular weight is 317 g/mol. The predicted molar refractivity (Wildman–Crippen MR) is 82.4 cm³/mol. The van der Waals surface area contributed by atoms with Crippen LogP contribution in [0.2, 0.25) is 0 Å². The third-order valence-corrected chi connectivity index (χ3v) is 4.42. The van der Waals surface area contributed by atoms with E-state index in [0.717, 1.165) is 0 Å². The van der Waals surface area contributed by atoms with Gasteiger partial charge in [-0.2, -0.15) is 5.10 Å². The van der Waals surface area contributed by atoms with Crippen LogP contribution in [-0.4, -0.2) is 48.2 Å². The van der Waals surface area contributed by atoms with Gasteiger partial charge in [0.2, 0.25) is 0 Å². The Morgan fingerprint density at radius 3 is 2.96 bits per heavy atom. The second-order valence-electron chi connectivity index (χ2n) is 5.63. The van der Waals surface area contributed by atoms with E-state index in [1.165, 1.54) is 6.33 Å². The van der Waals surface area contributed by atoms with Crippen LogP contribution >= 0.6 is 0 Å². The van der Waals surface area contributed by atoms with Crippen LogP contribution in [0.5, 0.6) is 0 Å². The van der Waals surface area contributed by atoms with Crippen LogP contribution in [0.25, 0.3) is 11.0 Å². The lowest BCUT2D eigenvalue weighted by Gasteiger charge is -2.19. The minimum Gasteiger partial charge on any atom is -0.390 e. The molecule has 3 rings (SSSR count). The molecule has 2 aromatic rings. The Bertz CT molecular complexity index is 831. The van der Waals surface area contributed by atoms with E-state index < -0.39 is 30.3 Å². The maximum absolute atomic E-state index is 10.4. The molecule has 6 N–H and O–H groups in total. The van der Waals surface area contributed by atoms with E-state index in [-0.39, 0.29) is 0 Å². The average Bonchev–Trinajstić information content (AvgIpc) is 3.10. The molecule has 0 unspecified atom stereocenters. The fraction of sp³-hybridized carbons (Fsp3) is 0.467. The van der Waals surface area contributed by atoms with E-state index >= 15 is 0 Å². The molecule has 8 heteroatoms. The lowest BCUT2D eigenvalue weighted by atomic mass is 9.98. The molecule has 0 aliphatic heterocycles. The fourth-order valence-electron chi connectivity index (χ4n) is 3.27. The standard InChI is InChI=1S/C15H19N5O3/c1-2-3-11(21)9-6-10(13(23)12(9)22)20-5-4-8-14(19-16)17-7-18-15(8)20/h4-5,7,9-13,21-23H,6,16H2,1H3,(H,17,18,19)/t9-,10-,11-,12-,13+/m1/s1. The molecule has 0 radical (unpaired) electrons. The van der Waals surface area contributed by atoms with Crippen LogP contribution < -0.4 is 11.3 Å². The molecule has 2 aromatic heterocycles. The zero-order valence-electron chi connectivity index (χ0n) is 12.6. The Morgan fingerprint density at radius 1 is 1.48 bits per heavy atom. The molecule has 0 spiro atoms. The van der Waals surface area contributed by atoms with Crippen LogP contribution in [0.15, 0.2) is 23.7 Å². The van der Waals surface area contributed by atoms with Crippen LogP contribution in [0.1, 0.15) is 19.4 Å². The Hall–Kier alpha value is -2.34. The summed E-state index contributed by atoms with van der Waals surface area (Å²) in [5, 5.41) is 35.0. The van der Waals surface area contributed by atoms with Crippen molar-refractivity contribution in [1.82, 2.24) is 14.5 Å². The molecule has 1 fully saturated rings. The van der Waals surface area contributed by atoms with E-state index in [9.17, 15) is 15.3 Å². The first-order valence-electron chi connectivity index (χ1n) is 7.33. The largest absolute Gasteiger partial charge is 0.390 e. The Kier molecular flexibility index (Phi) is 4.09. The lowest BCUT2D eigenvalue weighted by molar-refractivity contribution is -0.0138. The third kappa shape index (κ3) is 2.49. The van der Waals surface area contributed by atoms with Gasteiger partial charge < -0.3 is 30.7 Å². The number of aliphatic hydroxyl groups is 3. The van der Waals surface area contributed by atoms with Crippen molar-refractivity contribution in [3.05, 3.63) is 24.1 Å². The van der Waals surface area contributed by atoms with Crippen molar-refractivity contribution >= 4 is 11.0 Å². The molecular weight excluding hydrogens is 298 g/mol. The summed E-state index contributed by atoms with van der Waals surface area (Å²) in [6.07, 6.45) is 0.609. The van der Waals surface area contributed by atoms with E-state index in [1.807, 2.05) is 4.57 Å². The van der Waals surface area contributed by atoms with Gasteiger partial charge in [0.25, 0.3) is 0 Å². The molecule has 1 saturated carbocycles. The van der Waals surface area contributed by atoms with Gasteiger partial charge in [-0.3, -0.25) is 0 Å². The summed E-state index contributed by atoms with van der Waals surface area (Å²) in [5.74, 6) is 10.1. The predicted octanol–water partition coefficient (Wildman–Crippen LogP) is -1.19. The number of aromatic amines is 1. The summed E-state index contributed by atoms with van der Waals surface area (Å²) in [6.45, 7) is 1.62. The van der Waals surface area contributed by atoms with E-state index in [1.54, 1.807) is 19.2 Å². The highest BCUT2D eigenvalue weighted by Crippen LogP contribution is 2.38. The number of hydrogen-bond acceptors (Lipinski definition) is 6. The number of H-pyrrole nitrogens is 1. The third-order valence-electron chi connectivity index (χ3n) is 4.42. The van der Waals surface area contributed by atoms with Gasteiger partial charge in [0.05, 0.1) is 23.9 Å². The zero-order chi connectivity index (χ0) is 16.6. The van der Waals surface area contributed by atoms with E-state index in [0.29, 0.717) is 22.9 Å². The monoisotopic (exact) mass is 317 g/mol. The summed E-state index contributed by atoms with van der Waals surface area (Å²) in [7, 11) is 0. The second-order valence-corrected chi connectivity index (χ2v) is 5.63. The number of nitrogens with two attached hydrogens (primary N) is 1. The fourth-order valence-corrected chi connectivity index (χ4v) is 3.27. The van der Waals surface area contributed by atoms with Crippen molar-refractivity contribution in [2.75, 3.05) is 0 Å². The quantitative estimate of drug-likeness (QED) is 0.270. The van der Waals surface area contributed by atoms with Gasteiger partial charge >= 0.3 is 0 Å². The minimum absolute atomic E-state index is 0.388. The van der Waals surface area contributed by atoms with Crippen LogP contribution in [-0.2, 0) is 0 Å². The highest BCUT2D eigenvalue weighted by Gasteiger charge is 2.45. The van der Waals surface area contributed by atoms with Gasteiger partial charge in [-0.05, 0) is 19.4 Å². The van der Waals surface area contributed by atoms with Crippen molar-refractivity contribution in [1.29, 1.82) is 0 Å². The second kappa shape index (κ2) is 6.04. The van der Waals surface area contributed by atoms with Gasteiger partial charge in [0.15, 0.2) is 5.49 Å². The topological polar surface area (TPSA) is 133 Å². The molecule has 0 saturated heterocycles. The minimum atomic E-state index is -1.05. The molecule has 2 heterocycles. The first-order valence-corrected chi connectivity index (χ1v) is 7.33. The maximum atomic E-state index is 10.4. The summed E-state index contributed by atoms with van der Waals surface area (Å²) in [6, 6.07) is 1.39. The maximum Gasteiger partial charge on any atom is 0.183 e. The smallest absolute Gasteiger partial charge is 0.183 e. The number of nitrogens with one attached hydrogen (secondary N) is 1. The summed E-state index contributed by atoms with van der Waals surface area (Å²) >= 11 is 0. The first-order chi connectivity index (χ1) is 11.1. The SMILES string of the molecule is CC#C[C@@H](O)[C@H]1C[C@@H](n2ccc3/c(=N\N)nc[nH]c32)[C@H](O)[C@@H]1O. The van der Waals surface area contributed by atoms with Crippen molar-refractivity contribution in [3.8, 4) is 11.8 Å². The van der Waals surface area contributed by atoms with Crippen LogP contribution in [0.3, 0.4) is 0 Å². The summed E-state index contributed by atoms with van der Waals surface area (Å²) in [5.41, 5.74) is 1.08. The normalized spacial score (nSPS) is 29.5. The molecule has 1 aliphatic carbocycles. The van der Waals surface area contributed by atoms with Crippen molar-refractivity contribution < 1.29 is 15.3 Å².